The predicted octanol–water partition coefficient (Wildman–Crippen LogP) is 4.89. The molecule has 8 nitrogen and oxygen atoms in total. The van der Waals surface area contributed by atoms with Gasteiger partial charge in [0.05, 0.1) is 16.2 Å². The zero-order valence-corrected chi connectivity index (χ0v) is 18.2. The molecule has 162 valence electrons. The van der Waals surface area contributed by atoms with E-state index in [9.17, 15) is 19.7 Å². The lowest BCUT2D eigenvalue weighted by Crippen LogP contribution is -2.35. The normalized spacial score (nSPS) is 14.9. The molecule has 0 bridgehead atoms. The van der Waals surface area contributed by atoms with E-state index in [1.807, 2.05) is 13.8 Å². The van der Waals surface area contributed by atoms with Crippen molar-refractivity contribution in [3.05, 3.63) is 85.6 Å². The largest absolute Gasteiger partial charge is 0.456 e. The molecular formula is C23H18ClN3O5. The standard InChI is InChI=1S/C23H18ClN3O5/c1-12-4-5-15(10-19(12)24)26-23(29)18(22(28)25-26)11-16-6-7-21(32-16)17-8-13(2)14(3)9-20(17)27(30)31/h4-11H,1-3H3,(H,25,28)/b18-11+. The van der Waals surface area contributed by atoms with Crippen LogP contribution in [-0.4, -0.2) is 16.7 Å². The molecule has 2 amide bonds. The van der Waals surface area contributed by atoms with Crippen LogP contribution in [0.25, 0.3) is 17.4 Å². The Morgan fingerprint density at radius 3 is 2.44 bits per heavy atom. The first kappa shape index (κ1) is 21.3. The van der Waals surface area contributed by atoms with Crippen molar-refractivity contribution >= 4 is 40.9 Å². The lowest BCUT2D eigenvalue weighted by Gasteiger charge is -2.15. The van der Waals surface area contributed by atoms with E-state index in [0.29, 0.717) is 16.3 Å². The number of hydrazine groups is 1. The van der Waals surface area contributed by atoms with E-state index in [4.69, 9.17) is 16.0 Å². The molecule has 0 unspecified atom stereocenters. The van der Waals surface area contributed by atoms with E-state index in [-0.39, 0.29) is 22.8 Å². The van der Waals surface area contributed by atoms with Crippen LogP contribution in [-0.2, 0) is 9.59 Å². The number of amides is 2. The monoisotopic (exact) mass is 451 g/mol. The van der Waals surface area contributed by atoms with E-state index >= 15 is 0 Å². The summed E-state index contributed by atoms with van der Waals surface area (Å²) < 4.78 is 5.74. The second kappa shape index (κ2) is 7.97. The van der Waals surface area contributed by atoms with Crippen LogP contribution in [0.5, 0.6) is 0 Å². The number of anilines is 1. The molecule has 0 aliphatic carbocycles. The van der Waals surface area contributed by atoms with Crippen LogP contribution < -0.4 is 10.4 Å². The van der Waals surface area contributed by atoms with Crippen molar-refractivity contribution in [2.45, 2.75) is 20.8 Å². The van der Waals surface area contributed by atoms with Crippen molar-refractivity contribution in [2.75, 3.05) is 5.01 Å². The number of carbonyl (C=O) groups is 2. The number of aryl methyl sites for hydroxylation is 3. The third kappa shape index (κ3) is 3.76. The summed E-state index contributed by atoms with van der Waals surface area (Å²) in [6.07, 6.45) is 1.31. The molecule has 1 fully saturated rings. The average molecular weight is 452 g/mol. The highest BCUT2D eigenvalue weighted by molar-refractivity contribution is 6.33. The Bertz CT molecular complexity index is 1330. The summed E-state index contributed by atoms with van der Waals surface area (Å²) in [4.78, 5) is 36.3. The van der Waals surface area contributed by atoms with Crippen molar-refractivity contribution < 1.29 is 18.9 Å². The zero-order valence-electron chi connectivity index (χ0n) is 17.4. The van der Waals surface area contributed by atoms with Crippen molar-refractivity contribution in [3.63, 3.8) is 0 Å². The Morgan fingerprint density at radius 1 is 1.03 bits per heavy atom. The van der Waals surface area contributed by atoms with E-state index in [1.54, 1.807) is 43.3 Å². The Hall–Kier alpha value is -3.91. The minimum atomic E-state index is -0.596. The number of nitro groups is 1. The number of rotatable bonds is 4. The van der Waals surface area contributed by atoms with Crippen molar-refractivity contribution in [1.29, 1.82) is 0 Å². The first-order valence-electron chi connectivity index (χ1n) is 9.65. The SMILES string of the molecule is Cc1cc(-c2ccc(/C=C3\C(=O)NN(c4ccc(C)c(Cl)c4)C3=O)o2)c([N+](=O)[O-])cc1C. The fraction of sp³-hybridized carbons (Fsp3) is 0.130. The molecule has 0 saturated carbocycles. The summed E-state index contributed by atoms with van der Waals surface area (Å²) >= 11 is 6.13. The molecule has 4 rings (SSSR count). The number of hydrogen-bond donors (Lipinski definition) is 1. The van der Waals surface area contributed by atoms with Gasteiger partial charge in [-0.1, -0.05) is 17.7 Å². The Morgan fingerprint density at radius 2 is 1.75 bits per heavy atom. The number of nitrogens with zero attached hydrogens (tertiary/aromatic N) is 2. The molecule has 0 spiro atoms. The van der Waals surface area contributed by atoms with Gasteiger partial charge in [0.2, 0.25) is 0 Å². The number of nitrogens with one attached hydrogen (secondary N) is 1. The predicted molar refractivity (Wildman–Crippen MR) is 120 cm³/mol. The fourth-order valence-electron chi connectivity index (χ4n) is 3.33. The molecule has 0 atom stereocenters. The fourth-order valence-corrected chi connectivity index (χ4v) is 3.50. The molecule has 1 aromatic heterocycles. The van der Waals surface area contributed by atoms with Gasteiger partial charge in [-0.15, -0.1) is 0 Å². The van der Waals surface area contributed by atoms with Gasteiger partial charge in [-0.3, -0.25) is 25.1 Å². The molecule has 9 heteroatoms. The highest BCUT2D eigenvalue weighted by Gasteiger charge is 2.35. The van der Waals surface area contributed by atoms with Gasteiger partial charge in [-0.2, -0.15) is 0 Å². The van der Waals surface area contributed by atoms with Gasteiger partial charge in [0, 0.05) is 11.1 Å². The molecule has 32 heavy (non-hydrogen) atoms. The van der Waals surface area contributed by atoms with Gasteiger partial charge in [0.1, 0.15) is 17.1 Å². The minimum Gasteiger partial charge on any atom is -0.456 e. The van der Waals surface area contributed by atoms with Crippen molar-refractivity contribution in [1.82, 2.24) is 5.43 Å². The molecular weight excluding hydrogens is 434 g/mol. The summed E-state index contributed by atoms with van der Waals surface area (Å²) in [6.45, 7) is 5.47. The van der Waals surface area contributed by atoms with Gasteiger partial charge in [0.15, 0.2) is 0 Å². The zero-order chi connectivity index (χ0) is 23.2. The summed E-state index contributed by atoms with van der Waals surface area (Å²) in [7, 11) is 0. The maximum Gasteiger partial charge on any atom is 0.282 e. The molecule has 0 radical (unpaired) electrons. The summed E-state index contributed by atoms with van der Waals surface area (Å²) in [5, 5.41) is 13.1. The second-order valence-corrected chi connectivity index (χ2v) is 7.89. The molecule has 2 aromatic carbocycles. The van der Waals surface area contributed by atoms with Gasteiger partial charge in [-0.25, -0.2) is 5.01 Å². The van der Waals surface area contributed by atoms with Gasteiger partial charge < -0.3 is 4.42 Å². The van der Waals surface area contributed by atoms with Crippen LogP contribution in [0.2, 0.25) is 5.02 Å². The summed E-state index contributed by atoms with van der Waals surface area (Å²) in [5.74, 6) is -0.679. The first-order chi connectivity index (χ1) is 15.2. The van der Waals surface area contributed by atoms with Gasteiger partial charge in [-0.05, 0) is 73.9 Å². The van der Waals surface area contributed by atoms with Gasteiger partial charge in [0.25, 0.3) is 17.5 Å². The Kier molecular flexibility index (Phi) is 5.31. The van der Waals surface area contributed by atoms with Crippen LogP contribution in [0.15, 0.2) is 52.5 Å². The Balaban J connectivity index is 1.67. The summed E-state index contributed by atoms with van der Waals surface area (Å²) in [5.41, 5.74) is 5.54. The van der Waals surface area contributed by atoms with E-state index in [0.717, 1.165) is 21.7 Å². The van der Waals surface area contributed by atoms with Crippen LogP contribution in [0.4, 0.5) is 11.4 Å². The highest BCUT2D eigenvalue weighted by atomic mass is 35.5. The molecule has 3 aromatic rings. The molecule has 1 N–H and O–H groups in total. The number of hydrogen-bond acceptors (Lipinski definition) is 5. The van der Waals surface area contributed by atoms with Crippen LogP contribution in [0.3, 0.4) is 0 Å². The molecule has 1 saturated heterocycles. The first-order valence-corrected chi connectivity index (χ1v) is 10.0. The quantitative estimate of drug-likeness (QED) is 0.263. The lowest BCUT2D eigenvalue weighted by atomic mass is 10.0. The lowest BCUT2D eigenvalue weighted by molar-refractivity contribution is -0.384. The smallest absolute Gasteiger partial charge is 0.282 e. The number of halogens is 1. The maximum absolute atomic E-state index is 12.8. The minimum absolute atomic E-state index is 0.0845. The molecule has 1 aliphatic heterocycles. The van der Waals surface area contributed by atoms with Crippen molar-refractivity contribution in [3.8, 4) is 11.3 Å². The third-order valence-corrected chi connectivity index (χ3v) is 5.70. The number of nitro benzene ring substituents is 1. The van der Waals surface area contributed by atoms with E-state index in [2.05, 4.69) is 5.43 Å². The maximum atomic E-state index is 12.8. The third-order valence-electron chi connectivity index (χ3n) is 5.29. The average Bonchev–Trinajstić information content (AvgIpc) is 3.32. The highest BCUT2D eigenvalue weighted by Crippen LogP contribution is 2.34. The van der Waals surface area contributed by atoms with Crippen LogP contribution >= 0.6 is 11.6 Å². The molecule has 2 heterocycles. The van der Waals surface area contributed by atoms with Crippen LogP contribution in [0, 0.1) is 30.9 Å². The topological polar surface area (TPSA) is 106 Å². The number of benzene rings is 2. The number of carbonyl (C=O) groups excluding carboxylic acids is 2. The van der Waals surface area contributed by atoms with Crippen molar-refractivity contribution in [2.24, 2.45) is 0 Å². The van der Waals surface area contributed by atoms with Gasteiger partial charge >= 0.3 is 0 Å². The summed E-state index contributed by atoms with van der Waals surface area (Å²) in [6, 6.07) is 11.3. The Labute approximate surface area is 188 Å². The van der Waals surface area contributed by atoms with Crippen LogP contribution in [0.1, 0.15) is 22.5 Å². The number of furan rings is 1. The van der Waals surface area contributed by atoms with E-state index in [1.165, 1.54) is 12.1 Å². The second-order valence-electron chi connectivity index (χ2n) is 7.49. The molecule has 1 aliphatic rings. The van der Waals surface area contributed by atoms with E-state index < -0.39 is 16.7 Å².